The van der Waals surface area contributed by atoms with Gasteiger partial charge >= 0.3 is 0 Å². The summed E-state index contributed by atoms with van der Waals surface area (Å²) in [4.78, 5) is 4.58. The van der Waals surface area contributed by atoms with E-state index in [1.54, 1.807) is 7.11 Å². The summed E-state index contributed by atoms with van der Waals surface area (Å²) in [5.41, 5.74) is 2.26. The molecule has 2 aromatic rings. The normalized spacial score (nSPS) is 15.8. The second-order valence-corrected chi connectivity index (χ2v) is 7.65. The third-order valence-electron chi connectivity index (χ3n) is 5.05. The van der Waals surface area contributed by atoms with Crippen molar-refractivity contribution in [2.24, 2.45) is 0 Å². The zero-order chi connectivity index (χ0) is 20.6. The molecular formula is C23H29ClN2O3. The molecule has 1 atom stereocenters. The number of aliphatic hydroxyl groups excluding tert-OH is 1. The number of halogens is 1. The Hall–Kier alpha value is -2.21. The van der Waals surface area contributed by atoms with Gasteiger partial charge in [0, 0.05) is 43.4 Å². The van der Waals surface area contributed by atoms with Crippen LogP contribution in [0.1, 0.15) is 5.56 Å². The number of aliphatic hydroxyl groups is 1. The first-order chi connectivity index (χ1) is 14.1. The lowest BCUT2D eigenvalue weighted by Gasteiger charge is -2.36. The second kappa shape index (κ2) is 10.5. The summed E-state index contributed by atoms with van der Waals surface area (Å²) in [6, 6.07) is 13.8. The fourth-order valence-corrected chi connectivity index (χ4v) is 3.71. The Balaban J connectivity index is 1.46. The highest BCUT2D eigenvalue weighted by molar-refractivity contribution is 6.30. The summed E-state index contributed by atoms with van der Waals surface area (Å²) in [6.45, 7) is 8.17. The molecule has 0 unspecified atom stereocenters. The molecule has 1 heterocycles. The summed E-state index contributed by atoms with van der Waals surface area (Å²) in [6.07, 6.45) is 2.07. The minimum Gasteiger partial charge on any atom is -0.493 e. The molecule has 0 aliphatic carbocycles. The first kappa shape index (κ1) is 21.5. The molecule has 2 aromatic carbocycles. The van der Waals surface area contributed by atoms with Crippen LogP contribution in [0.5, 0.6) is 11.5 Å². The maximum atomic E-state index is 10.4. The summed E-state index contributed by atoms with van der Waals surface area (Å²) >= 11 is 6.10. The number of rotatable bonds is 9. The minimum absolute atomic E-state index is 0.228. The number of ether oxygens (including phenoxy) is 2. The van der Waals surface area contributed by atoms with Crippen LogP contribution in [0, 0.1) is 0 Å². The molecule has 5 nitrogen and oxygen atoms in total. The van der Waals surface area contributed by atoms with Crippen molar-refractivity contribution >= 4 is 17.3 Å². The van der Waals surface area contributed by atoms with E-state index in [-0.39, 0.29) is 6.61 Å². The molecule has 1 aliphatic rings. The lowest BCUT2D eigenvalue weighted by molar-refractivity contribution is 0.0653. The Bertz CT molecular complexity index is 806. The Morgan fingerprint density at radius 1 is 1.14 bits per heavy atom. The molecule has 0 radical (unpaired) electrons. The lowest BCUT2D eigenvalue weighted by atomic mass is 10.1. The van der Waals surface area contributed by atoms with Crippen LogP contribution in [0.15, 0.2) is 55.1 Å². The average molecular weight is 417 g/mol. The maximum Gasteiger partial charge on any atom is 0.161 e. The predicted molar refractivity (Wildman–Crippen MR) is 119 cm³/mol. The van der Waals surface area contributed by atoms with Gasteiger partial charge in [-0.05, 0) is 42.3 Å². The summed E-state index contributed by atoms with van der Waals surface area (Å²) < 4.78 is 11.2. The molecule has 3 rings (SSSR count). The van der Waals surface area contributed by atoms with Crippen molar-refractivity contribution in [1.29, 1.82) is 0 Å². The van der Waals surface area contributed by atoms with Crippen LogP contribution in [-0.4, -0.2) is 62.6 Å². The van der Waals surface area contributed by atoms with Crippen LogP contribution >= 0.6 is 11.6 Å². The van der Waals surface area contributed by atoms with E-state index < -0.39 is 6.10 Å². The van der Waals surface area contributed by atoms with Crippen molar-refractivity contribution in [2.45, 2.75) is 12.5 Å². The Kier molecular flexibility index (Phi) is 7.81. The van der Waals surface area contributed by atoms with Crippen molar-refractivity contribution in [3.05, 3.63) is 65.7 Å². The average Bonchev–Trinajstić information content (AvgIpc) is 2.73. The van der Waals surface area contributed by atoms with Gasteiger partial charge in [-0.3, -0.25) is 4.90 Å². The fourth-order valence-electron chi connectivity index (χ4n) is 3.52. The predicted octanol–water partition coefficient (Wildman–Crippen LogP) is 3.64. The molecule has 0 bridgehead atoms. The topological polar surface area (TPSA) is 45.2 Å². The molecular weight excluding hydrogens is 388 g/mol. The van der Waals surface area contributed by atoms with Gasteiger partial charge in [-0.15, -0.1) is 6.58 Å². The van der Waals surface area contributed by atoms with Gasteiger partial charge < -0.3 is 19.5 Å². The number of benzene rings is 2. The van der Waals surface area contributed by atoms with Crippen LogP contribution in [0.3, 0.4) is 0 Å². The van der Waals surface area contributed by atoms with Gasteiger partial charge in [0.15, 0.2) is 11.5 Å². The third kappa shape index (κ3) is 6.13. The number of hydrogen-bond donors (Lipinski definition) is 1. The van der Waals surface area contributed by atoms with E-state index in [4.69, 9.17) is 21.1 Å². The molecule has 6 heteroatoms. The smallest absolute Gasteiger partial charge is 0.161 e. The van der Waals surface area contributed by atoms with Crippen LogP contribution < -0.4 is 14.4 Å². The minimum atomic E-state index is -0.565. The monoisotopic (exact) mass is 416 g/mol. The van der Waals surface area contributed by atoms with E-state index >= 15 is 0 Å². The largest absolute Gasteiger partial charge is 0.493 e. The molecule has 0 spiro atoms. The molecule has 1 aliphatic heterocycles. The first-order valence-corrected chi connectivity index (χ1v) is 10.3. The van der Waals surface area contributed by atoms with Crippen molar-refractivity contribution in [3.8, 4) is 11.5 Å². The van der Waals surface area contributed by atoms with Gasteiger partial charge in [0.25, 0.3) is 0 Å². The zero-order valence-corrected chi connectivity index (χ0v) is 17.6. The fraction of sp³-hybridized carbons (Fsp3) is 0.391. The Morgan fingerprint density at radius 2 is 1.93 bits per heavy atom. The summed E-state index contributed by atoms with van der Waals surface area (Å²) in [5, 5.41) is 11.2. The van der Waals surface area contributed by atoms with Gasteiger partial charge in [-0.2, -0.15) is 0 Å². The van der Waals surface area contributed by atoms with E-state index in [2.05, 4.69) is 22.4 Å². The van der Waals surface area contributed by atoms with Gasteiger partial charge in [0.2, 0.25) is 0 Å². The number of β-amino-alcohol motifs (C(OH)–C–C–N with tert-alkyl or cyclic N) is 1. The second-order valence-electron chi connectivity index (χ2n) is 7.21. The standard InChI is InChI=1S/C23H29ClN2O3/c1-3-5-18-8-9-22(23(14-18)28-2)29-17-21(27)16-25-10-12-26(13-11-25)20-7-4-6-19(24)15-20/h3-4,6-9,14-15,21,27H,1,5,10-13,16-17H2,2H3/t21-/m1/s1. The Morgan fingerprint density at radius 3 is 2.62 bits per heavy atom. The zero-order valence-electron chi connectivity index (χ0n) is 16.9. The molecule has 1 fully saturated rings. The highest BCUT2D eigenvalue weighted by Crippen LogP contribution is 2.28. The van der Waals surface area contributed by atoms with E-state index in [9.17, 15) is 5.11 Å². The van der Waals surface area contributed by atoms with Crippen LogP contribution in [0.25, 0.3) is 0 Å². The SMILES string of the molecule is C=CCc1ccc(OC[C@H](O)CN2CCN(c3cccc(Cl)c3)CC2)c(OC)c1. The number of hydrogen-bond acceptors (Lipinski definition) is 5. The maximum absolute atomic E-state index is 10.4. The molecule has 29 heavy (non-hydrogen) atoms. The number of piperazine rings is 1. The molecule has 1 saturated heterocycles. The Labute approximate surface area is 178 Å². The molecule has 0 aromatic heterocycles. The lowest BCUT2D eigenvalue weighted by Crippen LogP contribution is -2.49. The van der Waals surface area contributed by atoms with E-state index in [0.717, 1.165) is 48.9 Å². The molecule has 0 amide bonds. The first-order valence-electron chi connectivity index (χ1n) is 9.90. The number of nitrogens with zero attached hydrogens (tertiary/aromatic N) is 2. The van der Waals surface area contributed by atoms with E-state index in [1.165, 1.54) is 0 Å². The molecule has 1 N–H and O–H groups in total. The van der Waals surface area contributed by atoms with Crippen LogP contribution in [-0.2, 0) is 6.42 Å². The van der Waals surface area contributed by atoms with Gasteiger partial charge in [-0.25, -0.2) is 0 Å². The van der Waals surface area contributed by atoms with Crippen molar-refractivity contribution in [3.63, 3.8) is 0 Å². The van der Waals surface area contributed by atoms with Gasteiger partial charge in [0.05, 0.1) is 7.11 Å². The quantitative estimate of drug-likeness (QED) is 0.632. The van der Waals surface area contributed by atoms with Crippen molar-refractivity contribution in [1.82, 2.24) is 4.90 Å². The molecule has 0 saturated carbocycles. The molecule has 156 valence electrons. The summed E-state index contributed by atoms with van der Waals surface area (Å²) in [5.74, 6) is 1.32. The third-order valence-corrected chi connectivity index (χ3v) is 5.29. The van der Waals surface area contributed by atoms with Crippen molar-refractivity contribution < 1.29 is 14.6 Å². The highest BCUT2D eigenvalue weighted by atomic mass is 35.5. The van der Waals surface area contributed by atoms with E-state index in [1.807, 2.05) is 42.5 Å². The number of allylic oxidation sites excluding steroid dienone is 1. The summed E-state index contributed by atoms with van der Waals surface area (Å²) in [7, 11) is 1.62. The van der Waals surface area contributed by atoms with Gasteiger partial charge in [0.1, 0.15) is 12.7 Å². The number of anilines is 1. The van der Waals surface area contributed by atoms with E-state index in [0.29, 0.717) is 18.0 Å². The van der Waals surface area contributed by atoms with Crippen LogP contribution in [0.4, 0.5) is 5.69 Å². The van der Waals surface area contributed by atoms with Crippen molar-refractivity contribution in [2.75, 3.05) is 51.3 Å². The number of methoxy groups -OCH3 is 1. The van der Waals surface area contributed by atoms with Crippen LogP contribution in [0.2, 0.25) is 5.02 Å². The van der Waals surface area contributed by atoms with Gasteiger partial charge in [-0.1, -0.05) is 29.8 Å². The highest BCUT2D eigenvalue weighted by Gasteiger charge is 2.20.